The van der Waals surface area contributed by atoms with Gasteiger partial charge in [0.1, 0.15) is 5.75 Å². The lowest BCUT2D eigenvalue weighted by molar-refractivity contribution is 0.0991. The molecule has 0 aromatic heterocycles. The highest BCUT2D eigenvalue weighted by Gasteiger charge is 2.20. The molecular weight excluding hydrogens is 466 g/mol. The molecule has 0 saturated heterocycles. The lowest BCUT2D eigenvalue weighted by Crippen LogP contribution is -2.07. The van der Waals surface area contributed by atoms with E-state index in [-0.39, 0.29) is 5.78 Å². The maximum Gasteiger partial charge on any atom is 0.168 e. The molecule has 2 aromatic carbocycles. The van der Waals surface area contributed by atoms with Gasteiger partial charge < -0.3 is 4.74 Å². The summed E-state index contributed by atoms with van der Waals surface area (Å²) < 4.78 is 7.57. The molecule has 0 fully saturated rings. The highest BCUT2D eigenvalue weighted by atomic mass is 127. The number of hydrogen-bond donors (Lipinski definition) is 0. The maximum absolute atomic E-state index is 12.6. The summed E-state index contributed by atoms with van der Waals surface area (Å²) in [5.41, 5.74) is 2.75. The molecule has 0 amide bonds. The van der Waals surface area contributed by atoms with Crippen LogP contribution < -0.4 is 4.74 Å². The number of rotatable bonds is 3. The van der Waals surface area contributed by atoms with Crippen molar-refractivity contribution in [2.24, 2.45) is 0 Å². The summed E-state index contributed by atoms with van der Waals surface area (Å²) in [6.45, 7) is 0.682. The molecule has 5 heteroatoms. The van der Waals surface area contributed by atoms with Gasteiger partial charge in [0, 0.05) is 37.0 Å². The first kappa shape index (κ1) is 15.3. The topological polar surface area (TPSA) is 26.3 Å². The predicted octanol–water partition coefficient (Wildman–Crippen LogP) is 5.07. The van der Waals surface area contributed by atoms with E-state index in [9.17, 15) is 4.79 Å². The average molecular weight is 478 g/mol. The summed E-state index contributed by atoms with van der Waals surface area (Å²) in [4.78, 5) is 12.6. The first-order valence-electron chi connectivity index (χ1n) is 6.47. The minimum Gasteiger partial charge on any atom is -0.493 e. The number of benzene rings is 2. The molecule has 1 aliphatic rings. The molecule has 2 nitrogen and oxygen atoms in total. The summed E-state index contributed by atoms with van der Waals surface area (Å²) >= 11 is 11.7. The first-order valence-corrected chi connectivity index (χ1v) is 8.72. The van der Waals surface area contributed by atoms with E-state index in [1.807, 2.05) is 12.1 Å². The van der Waals surface area contributed by atoms with E-state index in [1.54, 1.807) is 12.1 Å². The van der Waals surface area contributed by atoms with Crippen LogP contribution in [-0.2, 0) is 12.8 Å². The molecule has 108 valence electrons. The van der Waals surface area contributed by atoms with Crippen LogP contribution in [0.5, 0.6) is 5.75 Å². The largest absolute Gasteiger partial charge is 0.493 e. The standard InChI is InChI=1S/C16H11BrClIO2/c17-11-5-9-3-4-21-16(9)10(6-11)7-15(20)13-8-12(18)1-2-14(13)19/h1-2,5-6,8H,3-4,7H2. The number of carbonyl (C=O) groups is 1. The zero-order chi connectivity index (χ0) is 15.0. The summed E-state index contributed by atoms with van der Waals surface area (Å²) in [5.74, 6) is 0.918. The molecule has 1 heterocycles. The van der Waals surface area contributed by atoms with E-state index >= 15 is 0 Å². The van der Waals surface area contributed by atoms with Gasteiger partial charge in [-0.15, -0.1) is 0 Å². The van der Waals surface area contributed by atoms with Crippen LogP contribution >= 0.6 is 50.1 Å². The molecule has 0 N–H and O–H groups in total. The van der Waals surface area contributed by atoms with E-state index in [4.69, 9.17) is 16.3 Å². The van der Waals surface area contributed by atoms with Crippen molar-refractivity contribution in [3.63, 3.8) is 0 Å². The summed E-state index contributed by atoms with van der Waals surface area (Å²) in [6.07, 6.45) is 1.21. The van der Waals surface area contributed by atoms with Gasteiger partial charge in [-0.3, -0.25) is 4.79 Å². The van der Waals surface area contributed by atoms with Crippen LogP contribution in [-0.4, -0.2) is 12.4 Å². The molecule has 0 aliphatic carbocycles. The highest BCUT2D eigenvalue weighted by Crippen LogP contribution is 2.34. The average Bonchev–Trinajstić information content (AvgIpc) is 2.89. The van der Waals surface area contributed by atoms with Crippen molar-refractivity contribution in [1.82, 2.24) is 0 Å². The first-order chi connectivity index (χ1) is 10.0. The fraction of sp³-hybridized carbons (Fsp3) is 0.188. The second-order valence-corrected chi connectivity index (χ2v) is 7.39. The lowest BCUT2D eigenvalue weighted by Gasteiger charge is -2.10. The Bertz CT molecular complexity index is 730. The monoisotopic (exact) mass is 476 g/mol. The van der Waals surface area contributed by atoms with E-state index in [1.165, 1.54) is 0 Å². The van der Waals surface area contributed by atoms with Gasteiger partial charge in [-0.2, -0.15) is 0 Å². The molecule has 0 bridgehead atoms. The fourth-order valence-electron chi connectivity index (χ4n) is 2.46. The number of hydrogen-bond acceptors (Lipinski definition) is 2. The number of carbonyl (C=O) groups excluding carboxylic acids is 1. The SMILES string of the molecule is O=C(Cc1cc(Br)cc2c1OCC2)c1cc(Cl)ccc1I. The number of ether oxygens (including phenoxy) is 1. The predicted molar refractivity (Wildman–Crippen MR) is 95.5 cm³/mol. The molecule has 0 radical (unpaired) electrons. The summed E-state index contributed by atoms with van der Waals surface area (Å²) in [5, 5.41) is 0.578. The van der Waals surface area contributed by atoms with Crippen molar-refractivity contribution >= 4 is 55.9 Å². The molecule has 0 atom stereocenters. The van der Waals surface area contributed by atoms with Crippen LogP contribution in [0.25, 0.3) is 0 Å². The normalized spacial score (nSPS) is 12.9. The molecular formula is C16H11BrClIO2. The molecule has 1 aliphatic heterocycles. The minimum atomic E-state index is 0.0534. The van der Waals surface area contributed by atoms with Gasteiger partial charge in [0.2, 0.25) is 0 Å². The Morgan fingerprint density at radius 2 is 2.14 bits per heavy atom. The Kier molecular flexibility index (Phi) is 4.57. The second-order valence-electron chi connectivity index (χ2n) is 4.88. The number of Topliss-reactive ketones (excluding diaryl/α,β-unsaturated/α-hetero) is 1. The quantitative estimate of drug-likeness (QED) is 0.456. The number of halogens is 3. The van der Waals surface area contributed by atoms with E-state index in [0.29, 0.717) is 23.6 Å². The van der Waals surface area contributed by atoms with Crippen molar-refractivity contribution in [2.45, 2.75) is 12.8 Å². The van der Waals surface area contributed by atoms with E-state index < -0.39 is 0 Å². The maximum atomic E-state index is 12.6. The van der Waals surface area contributed by atoms with E-state index in [0.717, 1.165) is 31.3 Å². The Balaban J connectivity index is 1.94. The third-order valence-electron chi connectivity index (χ3n) is 3.41. The Morgan fingerprint density at radius 1 is 1.33 bits per heavy atom. The highest BCUT2D eigenvalue weighted by molar-refractivity contribution is 14.1. The van der Waals surface area contributed by atoms with Crippen LogP contribution in [0, 0.1) is 3.57 Å². The molecule has 0 unspecified atom stereocenters. The van der Waals surface area contributed by atoms with Crippen molar-refractivity contribution in [3.8, 4) is 5.75 Å². The number of ketones is 1. The second kappa shape index (κ2) is 6.26. The molecule has 0 spiro atoms. The Morgan fingerprint density at radius 3 is 2.95 bits per heavy atom. The van der Waals surface area contributed by atoms with Crippen LogP contribution in [0.15, 0.2) is 34.8 Å². The van der Waals surface area contributed by atoms with Crippen molar-refractivity contribution in [3.05, 3.63) is 60.1 Å². The van der Waals surface area contributed by atoms with Gasteiger partial charge in [0.25, 0.3) is 0 Å². The minimum absolute atomic E-state index is 0.0534. The molecule has 3 rings (SSSR count). The third-order valence-corrected chi connectivity index (χ3v) is 5.04. The van der Waals surface area contributed by atoms with Crippen LogP contribution in [0.4, 0.5) is 0 Å². The van der Waals surface area contributed by atoms with Gasteiger partial charge >= 0.3 is 0 Å². The smallest absolute Gasteiger partial charge is 0.168 e. The number of fused-ring (bicyclic) bond motifs is 1. The zero-order valence-electron chi connectivity index (χ0n) is 11.0. The summed E-state index contributed by atoms with van der Waals surface area (Å²) in [6, 6.07) is 9.39. The van der Waals surface area contributed by atoms with Gasteiger partial charge in [-0.25, -0.2) is 0 Å². The Labute approximate surface area is 150 Å². The van der Waals surface area contributed by atoms with Gasteiger partial charge in [-0.05, 0) is 58.5 Å². The molecule has 2 aromatic rings. The van der Waals surface area contributed by atoms with Crippen molar-refractivity contribution in [1.29, 1.82) is 0 Å². The van der Waals surface area contributed by atoms with Gasteiger partial charge in [0.15, 0.2) is 5.78 Å². The fourth-order valence-corrected chi connectivity index (χ4v) is 3.82. The van der Waals surface area contributed by atoms with Crippen LogP contribution in [0.2, 0.25) is 5.02 Å². The molecule has 0 saturated carbocycles. The third kappa shape index (κ3) is 3.27. The summed E-state index contributed by atoms with van der Waals surface area (Å²) in [7, 11) is 0. The zero-order valence-corrected chi connectivity index (χ0v) is 15.5. The lowest BCUT2D eigenvalue weighted by atomic mass is 10.00. The van der Waals surface area contributed by atoms with Gasteiger partial charge in [-0.1, -0.05) is 27.5 Å². The van der Waals surface area contributed by atoms with Gasteiger partial charge in [0.05, 0.1) is 6.61 Å². The van der Waals surface area contributed by atoms with Crippen LogP contribution in [0.3, 0.4) is 0 Å². The Hall–Kier alpha value is -0.590. The van der Waals surface area contributed by atoms with Crippen LogP contribution in [0.1, 0.15) is 21.5 Å². The molecule has 21 heavy (non-hydrogen) atoms. The van der Waals surface area contributed by atoms with E-state index in [2.05, 4.69) is 44.6 Å². The van der Waals surface area contributed by atoms with Crippen molar-refractivity contribution in [2.75, 3.05) is 6.61 Å². The van der Waals surface area contributed by atoms with Crippen molar-refractivity contribution < 1.29 is 9.53 Å².